The summed E-state index contributed by atoms with van der Waals surface area (Å²) in [6.07, 6.45) is -5.80. The molecule has 0 aliphatic carbocycles. The largest absolute Gasteiger partial charge is 0.444 e. The van der Waals surface area contributed by atoms with Gasteiger partial charge in [0.1, 0.15) is 23.7 Å². The van der Waals surface area contributed by atoms with Crippen molar-refractivity contribution in [1.29, 1.82) is 0 Å². The van der Waals surface area contributed by atoms with Crippen LogP contribution in [0.5, 0.6) is 0 Å². The van der Waals surface area contributed by atoms with Gasteiger partial charge < -0.3 is 14.8 Å². The van der Waals surface area contributed by atoms with Gasteiger partial charge in [0.25, 0.3) is 0 Å². The van der Waals surface area contributed by atoms with Crippen LogP contribution in [0.4, 0.5) is 22.4 Å². The molecule has 0 aliphatic heterocycles. The van der Waals surface area contributed by atoms with Gasteiger partial charge in [0.2, 0.25) is 0 Å². The summed E-state index contributed by atoms with van der Waals surface area (Å²) >= 11 is 0. The summed E-state index contributed by atoms with van der Waals surface area (Å²) in [5.74, 6) is -0.958. The lowest BCUT2D eigenvalue weighted by Crippen LogP contribution is -2.36. The van der Waals surface area contributed by atoms with E-state index in [0.717, 1.165) is 0 Å². The summed E-state index contributed by atoms with van der Waals surface area (Å²) in [6, 6.07) is 0.0148. The van der Waals surface area contributed by atoms with Gasteiger partial charge in [-0.1, -0.05) is 0 Å². The topological polar surface area (TPSA) is 55.4 Å². The summed E-state index contributed by atoms with van der Waals surface area (Å²) in [5, 5.41) is 1.98. The number of hydrogen-bond donors (Lipinski definition) is 1. The van der Waals surface area contributed by atoms with Gasteiger partial charge >= 0.3 is 12.3 Å². The first-order valence-electron chi connectivity index (χ1n) is 6.25. The predicted molar refractivity (Wildman–Crippen MR) is 69.6 cm³/mol. The quantitative estimate of drug-likeness (QED) is 0.683. The standard InChI is InChI=1S/C14H15F4NO3/c1-13(2,3)22-12(21)19-11(7-20)9-6-8(15)4-5-10(9)14(16,17)18/h4-7,11H,1-3H3,(H,19,21). The van der Waals surface area contributed by atoms with Crippen molar-refractivity contribution >= 4 is 12.4 Å². The molecule has 1 atom stereocenters. The molecule has 0 fully saturated rings. The maximum absolute atomic E-state index is 13.2. The third-order valence-corrected chi connectivity index (χ3v) is 2.46. The van der Waals surface area contributed by atoms with Crippen LogP contribution in [0.2, 0.25) is 0 Å². The molecule has 8 heteroatoms. The van der Waals surface area contributed by atoms with E-state index in [9.17, 15) is 27.2 Å². The number of ether oxygens (including phenoxy) is 1. The number of carbonyl (C=O) groups excluding carboxylic acids is 2. The molecule has 0 spiro atoms. The number of alkyl halides is 3. The number of nitrogens with one attached hydrogen (secondary N) is 1. The SMILES string of the molecule is CC(C)(C)OC(=O)NC(C=O)c1cc(F)ccc1C(F)(F)F. The Morgan fingerprint density at radius 1 is 1.27 bits per heavy atom. The minimum atomic E-state index is -4.79. The number of benzene rings is 1. The summed E-state index contributed by atoms with van der Waals surface area (Å²) in [6.45, 7) is 4.64. The van der Waals surface area contributed by atoms with Crippen molar-refractivity contribution in [3.63, 3.8) is 0 Å². The van der Waals surface area contributed by atoms with E-state index in [-0.39, 0.29) is 6.29 Å². The molecule has 1 unspecified atom stereocenters. The molecule has 0 aromatic heterocycles. The number of halogens is 4. The highest BCUT2D eigenvalue weighted by Gasteiger charge is 2.36. The summed E-state index contributed by atoms with van der Waals surface area (Å²) < 4.78 is 56.8. The molecule has 0 aliphatic rings. The van der Waals surface area contributed by atoms with Crippen LogP contribution in [0.15, 0.2) is 18.2 Å². The van der Waals surface area contributed by atoms with Crippen LogP contribution in [-0.2, 0) is 15.7 Å². The first-order valence-corrected chi connectivity index (χ1v) is 6.25. The Morgan fingerprint density at radius 3 is 2.32 bits per heavy atom. The summed E-state index contributed by atoms with van der Waals surface area (Å²) in [4.78, 5) is 22.6. The fourth-order valence-electron chi connectivity index (χ4n) is 1.67. The van der Waals surface area contributed by atoms with E-state index in [4.69, 9.17) is 4.74 Å². The number of amides is 1. The minimum Gasteiger partial charge on any atom is -0.444 e. The lowest BCUT2D eigenvalue weighted by molar-refractivity contribution is -0.138. The third kappa shape index (κ3) is 5.01. The van der Waals surface area contributed by atoms with Crippen LogP contribution < -0.4 is 5.32 Å². The van der Waals surface area contributed by atoms with Gasteiger partial charge in [-0.05, 0) is 44.5 Å². The van der Waals surface area contributed by atoms with E-state index in [1.807, 2.05) is 5.32 Å². The first-order chi connectivity index (χ1) is 9.94. The van der Waals surface area contributed by atoms with E-state index in [1.165, 1.54) is 0 Å². The van der Waals surface area contributed by atoms with E-state index in [1.54, 1.807) is 20.8 Å². The van der Waals surface area contributed by atoms with E-state index in [2.05, 4.69) is 0 Å². The van der Waals surface area contributed by atoms with Gasteiger partial charge in [0.05, 0.1) is 5.56 Å². The van der Waals surface area contributed by atoms with Crippen molar-refractivity contribution in [3.05, 3.63) is 35.1 Å². The second-order valence-electron chi connectivity index (χ2n) is 5.49. The molecule has 1 aromatic rings. The van der Waals surface area contributed by atoms with Crippen LogP contribution in [-0.4, -0.2) is 18.0 Å². The van der Waals surface area contributed by atoms with Crippen molar-refractivity contribution in [2.45, 2.75) is 38.6 Å². The Balaban J connectivity index is 3.12. The molecule has 0 saturated heterocycles. The Bertz CT molecular complexity index is 564. The third-order valence-electron chi connectivity index (χ3n) is 2.46. The molecule has 1 N–H and O–H groups in total. The Morgan fingerprint density at radius 2 is 1.86 bits per heavy atom. The second-order valence-corrected chi connectivity index (χ2v) is 5.49. The zero-order valence-corrected chi connectivity index (χ0v) is 12.1. The zero-order valence-electron chi connectivity index (χ0n) is 12.1. The maximum atomic E-state index is 13.2. The molecule has 0 bridgehead atoms. The molecule has 0 heterocycles. The van der Waals surface area contributed by atoms with Gasteiger partial charge in [0, 0.05) is 0 Å². The lowest BCUT2D eigenvalue weighted by atomic mass is 10.0. The molecule has 1 aromatic carbocycles. The molecular weight excluding hydrogens is 306 g/mol. The monoisotopic (exact) mass is 321 g/mol. The van der Waals surface area contributed by atoms with Crippen LogP contribution >= 0.6 is 0 Å². The van der Waals surface area contributed by atoms with Gasteiger partial charge in [-0.2, -0.15) is 13.2 Å². The molecule has 122 valence electrons. The van der Waals surface area contributed by atoms with Gasteiger partial charge in [0.15, 0.2) is 0 Å². The molecule has 0 radical (unpaired) electrons. The Kier molecular flexibility index (Phi) is 5.16. The highest BCUT2D eigenvalue weighted by Crippen LogP contribution is 2.34. The van der Waals surface area contributed by atoms with Crippen molar-refractivity contribution < 1.29 is 31.9 Å². The predicted octanol–water partition coefficient (Wildman–Crippen LogP) is 3.61. The van der Waals surface area contributed by atoms with Crippen LogP contribution in [0, 0.1) is 5.82 Å². The second kappa shape index (κ2) is 6.33. The van der Waals surface area contributed by atoms with Crippen molar-refractivity contribution in [3.8, 4) is 0 Å². The molecule has 22 heavy (non-hydrogen) atoms. The van der Waals surface area contributed by atoms with E-state index >= 15 is 0 Å². The van der Waals surface area contributed by atoms with Crippen molar-refractivity contribution in [2.24, 2.45) is 0 Å². The van der Waals surface area contributed by atoms with E-state index < -0.39 is 40.9 Å². The van der Waals surface area contributed by atoms with Crippen molar-refractivity contribution in [1.82, 2.24) is 5.32 Å². The highest BCUT2D eigenvalue weighted by molar-refractivity contribution is 5.75. The van der Waals surface area contributed by atoms with Crippen LogP contribution in [0.25, 0.3) is 0 Å². The molecule has 1 amide bonds. The summed E-state index contributed by atoms with van der Waals surface area (Å²) in [5.41, 5.74) is -2.79. The van der Waals surface area contributed by atoms with E-state index in [0.29, 0.717) is 18.2 Å². The smallest absolute Gasteiger partial charge is 0.416 e. The van der Waals surface area contributed by atoms with Gasteiger partial charge in [-0.25, -0.2) is 9.18 Å². The number of hydrogen-bond acceptors (Lipinski definition) is 3. The molecular formula is C14H15F4NO3. The maximum Gasteiger partial charge on any atom is 0.416 e. The Hall–Kier alpha value is -2.12. The minimum absolute atomic E-state index is 0.0773. The fourth-order valence-corrected chi connectivity index (χ4v) is 1.67. The highest BCUT2D eigenvalue weighted by atomic mass is 19.4. The number of carbonyl (C=O) groups is 2. The summed E-state index contributed by atoms with van der Waals surface area (Å²) in [7, 11) is 0. The molecule has 1 rings (SSSR count). The molecule has 0 saturated carbocycles. The number of alkyl carbamates (subject to hydrolysis) is 1. The average Bonchev–Trinajstić information content (AvgIpc) is 2.32. The van der Waals surface area contributed by atoms with Gasteiger partial charge in [-0.3, -0.25) is 0 Å². The average molecular weight is 321 g/mol. The lowest BCUT2D eigenvalue weighted by Gasteiger charge is -2.23. The fraction of sp³-hybridized carbons (Fsp3) is 0.429. The first kappa shape index (κ1) is 17.9. The number of rotatable bonds is 3. The number of aldehydes is 1. The van der Waals surface area contributed by atoms with Crippen LogP contribution in [0.3, 0.4) is 0 Å². The Labute approximate surface area is 124 Å². The van der Waals surface area contributed by atoms with Crippen molar-refractivity contribution in [2.75, 3.05) is 0 Å². The normalized spacial score (nSPS) is 13.4. The van der Waals surface area contributed by atoms with Crippen LogP contribution in [0.1, 0.15) is 37.9 Å². The zero-order chi connectivity index (χ0) is 17.1. The molecule has 4 nitrogen and oxygen atoms in total. The van der Waals surface area contributed by atoms with Gasteiger partial charge in [-0.15, -0.1) is 0 Å².